The number of aromatic nitrogens is 1. The zero-order valence-corrected chi connectivity index (χ0v) is 6.97. The summed E-state index contributed by atoms with van der Waals surface area (Å²) in [5.41, 5.74) is 5.54. The number of alkyl halides is 3. The lowest BCUT2D eigenvalue weighted by atomic mass is 10.0. The van der Waals surface area contributed by atoms with Crippen LogP contribution in [-0.4, -0.2) is 11.2 Å². The van der Waals surface area contributed by atoms with Crippen molar-refractivity contribution in [1.82, 2.24) is 4.98 Å². The number of hydrogen-bond acceptors (Lipinski definition) is 2. The first-order valence-corrected chi connectivity index (χ1v) is 3.65. The van der Waals surface area contributed by atoms with E-state index in [4.69, 9.17) is 5.73 Å². The summed E-state index contributed by atoms with van der Waals surface area (Å²) in [5, 5.41) is 0. The molecule has 0 amide bonds. The van der Waals surface area contributed by atoms with Gasteiger partial charge in [0.1, 0.15) is 6.04 Å². The number of rotatable bonds is 1. The zero-order chi connectivity index (χ0) is 10.1. The van der Waals surface area contributed by atoms with E-state index in [9.17, 15) is 13.2 Å². The van der Waals surface area contributed by atoms with Crippen LogP contribution in [-0.2, 0) is 0 Å². The van der Waals surface area contributed by atoms with Crippen molar-refractivity contribution >= 4 is 0 Å². The fourth-order valence-electron chi connectivity index (χ4n) is 1.01. The Bertz CT molecular complexity index is 296. The SMILES string of the molecule is Cc1cnccc1[C@@H](N)C(F)(F)F. The van der Waals surface area contributed by atoms with Crippen LogP contribution in [0.15, 0.2) is 18.5 Å². The van der Waals surface area contributed by atoms with Gasteiger partial charge in [-0.2, -0.15) is 13.2 Å². The third-order valence-electron chi connectivity index (χ3n) is 1.75. The molecular formula is C8H9F3N2. The minimum Gasteiger partial charge on any atom is -0.316 e. The first-order chi connectivity index (χ1) is 5.93. The van der Waals surface area contributed by atoms with E-state index < -0.39 is 12.2 Å². The Kier molecular flexibility index (Phi) is 2.56. The predicted molar refractivity (Wildman–Crippen MR) is 42.0 cm³/mol. The van der Waals surface area contributed by atoms with Gasteiger partial charge in [-0.05, 0) is 24.1 Å². The number of nitrogens with two attached hydrogens (primary N) is 1. The van der Waals surface area contributed by atoms with Gasteiger partial charge in [0, 0.05) is 12.4 Å². The highest BCUT2D eigenvalue weighted by Gasteiger charge is 2.38. The second-order valence-corrected chi connectivity index (χ2v) is 2.75. The molecule has 5 heteroatoms. The summed E-state index contributed by atoms with van der Waals surface area (Å²) in [6, 6.07) is -0.636. The molecule has 0 aromatic carbocycles. The average Bonchev–Trinajstić information content (AvgIpc) is 2.02. The Morgan fingerprint density at radius 2 is 2.08 bits per heavy atom. The van der Waals surface area contributed by atoms with Crippen molar-refractivity contribution in [3.05, 3.63) is 29.6 Å². The average molecular weight is 190 g/mol. The van der Waals surface area contributed by atoms with Crippen molar-refractivity contribution in [3.8, 4) is 0 Å². The Balaban J connectivity index is 3.02. The summed E-state index contributed by atoms with van der Waals surface area (Å²) in [6.07, 6.45) is -1.74. The first-order valence-electron chi connectivity index (χ1n) is 3.65. The second kappa shape index (κ2) is 3.33. The predicted octanol–water partition coefficient (Wildman–Crippen LogP) is 1.95. The van der Waals surface area contributed by atoms with Crippen molar-refractivity contribution in [2.75, 3.05) is 0 Å². The maximum absolute atomic E-state index is 12.2. The Labute approximate surface area is 73.6 Å². The molecule has 1 aromatic heterocycles. The van der Waals surface area contributed by atoms with Gasteiger partial charge in [-0.15, -0.1) is 0 Å². The molecule has 0 aliphatic carbocycles. The molecule has 0 saturated heterocycles. The van der Waals surface area contributed by atoms with Gasteiger partial charge < -0.3 is 5.73 Å². The number of halogens is 3. The van der Waals surface area contributed by atoms with E-state index in [0.29, 0.717) is 5.56 Å². The summed E-state index contributed by atoms with van der Waals surface area (Å²) in [6.45, 7) is 1.55. The van der Waals surface area contributed by atoms with E-state index in [0.717, 1.165) is 0 Å². The summed E-state index contributed by atoms with van der Waals surface area (Å²) in [7, 11) is 0. The van der Waals surface area contributed by atoms with Crippen LogP contribution in [0.3, 0.4) is 0 Å². The molecule has 13 heavy (non-hydrogen) atoms. The lowest BCUT2D eigenvalue weighted by molar-refractivity contribution is -0.149. The normalized spacial score (nSPS) is 14.2. The van der Waals surface area contributed by atoms with Crippen LogP contribution < -0.4 is 5.73 Å². The number of pyridine rings is 1. The van der Waals surface area contributed by atoms with E-state index in [-0.39, 0.29) is 5.56 Å². The van der Waals surface area contributed by atoms with Gasteiger partial charge in [0.05, 0.1) is 0 Å². The van der Waals surface area contributed by atoms with E-state index in [1.54, 1.807) is 6.92 Å². The summed E-state index contributed by atoms with van der Waals surface area (Å²) < 4.78 is 36.5. The summed E-state index contributed by atoms with van der Waals surface area (Å²) in [5.74, 6) is 0. The fraction of sp³-hybridized carbons (Fsp3) is 0.375. The van der Waals surface area contributed by atoms with Gasteiger partial charge in [0.15, 0.2) is 0 Å². The standard InChI is InChI=1S/C8H9F3N2/c1-5-4-13-3-2-6(5)7(12)8(9,10)11/h2-4,7H,12H2,1H3/t7-/m1/s1. The Morgan fingerprint density at radius 1 is 1.46 bits per heavy atom. The Morgan fingerprint density at radius 3 is 2.54 bits per heavy atom. The molecule has 0 bridgehead atoms. The van der Waals surface area contributed by atoms with Crippen LogP contribution in [0.1, 0.15) is 17.2 Å². The lowest BCUT2D eigenvalue weighted by Gasteiger charge is -2.17. The molecule has 0 aliphatic rings. The highest BCUT2D eigenvalue weighted by atomic mass is 19.4. The highest BCUT2D eigenvalue weighted by Crippen LogP contribution is 2.31. The number of nitrogens with zero attached hydrogens (tertiary/aromatic N) is 1. The molecule has 72 valence electrons. The van der Waals surface area contributed by atoms with Crippen molar-refractivity contribution in [2.45, 2.75) is 19.1 Å². The molecule has 1 aromatic rings. The third kappa shape index (κ3) is 2.18. The van der Waals surface area contributed by atoms with Crippen molar-refractivity contribution in [3.63, 3.8) is 0 Å². The minimum absolute atomic E-state index is 0.0718. The van der Waals surface area contributed by atoms with Gasteiger partial charge >= 0.3 is 6.18 Å². The van der Waals surface area contributed by atoms with Gasteiger partial charge in [-0.25, -0.2) is 0 Å². The third-order valence-corrected chi connectivity index (χ3v) is 1.75. The maximum atomic E-state index is 12.2. The van der Waals surface area contributed by atoms with Crippen LogP contribution in [0.5, 0.6) is 0 Å². The number of hydrogen-bond donors (Lipinski definition) is 1. The van der Waals surface area contributed by atoms with Gasteiger partial charge in [-0.3, -0.25) is 4.98 Å². The molecule has 1 atom stereocenters. The Hall–Kier alpha value is -1.10. The zero-order valence-electron chi connectivity index (χ0n) is 6.97. The molecule has 0 spiro atoms. The van der Waals surface area contributed by atoms with E-state index >= 15 is 0 Å². The molecule has 0 radical (unpaired) electrons. The summed E-state index contributed by atoms with van der Waals surface area (Å²) >= 11 is 0. The minimum atomic E-state index is -4.40. The second-order valence-electron chi connectivity index (χ2n) is 2.75. The van der Waals surface area contributed by atoms with Crippen molar-refractivity contribution < 1.29 is 13.2 Å². The number of aryl methyl sites for hydroxylation is 1. The highest BCUT2D eigenvalue weighted by molar-refractivity contribution is 5.25. The van der Waals surface area contributed by atoms with Crippen LogP contribution in [0.4, 0.5) is 13.2 Å². The summed E-state index contributed by atoms with van der Waals surface area (Å²) in [4.78, 5) is 3.69. The van der Waals surface area contributed by atoms with Crippen LogP contribution in [0.2, 0.25) is 0 Å². The molecule has 1 rings (SSSR count). The topological polar surface area (TPSA) is 38.9 Å². The maximum Gasteiger partial charge on any atom is 0.407 e. The molecule has 0 aliphatic heterocycles. The van der Waals surface area contributed by atoms with E-state index in [1.165, 1.54) is 18.5 Å². The van der Waals surface area contributed by atoms with Crippen molar-refractivity contribution in [1.29, 1.82) is 0 Å². The van der Waals surface area contributed by atoms with E-state index in [1.807, 2.05) is 0 Å². The van der Waals surface area contributed by atoms with Crippen LogP contribution >= 0.6 is 0 Å². The van der Waals surface area contributed by atoms with Gasteiger partial charge in [0.25, 0.3) is 0 Å². The fourth-order valence-corrected chi connectivity index (χ4v) is 1.01. The van der Waals surface area contributed by atoms with E-state index in [2.05, 4.69) is 4.98 Å². The largest absolute Gasteiger partial charge is 0.407 e. The molecule has 2 nitrogen and oxygen atoms in total. The first kappa shape index (κ1) is 9.98. The molecular weight excluding hydrogens is 181 g/mol. The monoisotopic (exact) mass is 190 g/mol. The molecule has 2 N–H and O–H groups in total. The smallest absolute Gasteiger partial charge is 0.316 e. The quantitative estimate of drug-likeness (QED) is 0.735. The van der Waals surface area contributed by atoms with Crippen LogP contribution in [0, 0.1) is 6.92 Å². The molecule has 0 fully saturated rings. The van der Waals surface area contributed by atoms with Gasteiger partial charge in [-0.1, -0.05) is 0 Å². The molecule has 0 unspecified atom stereocenters. The molecule has 1 heterocycles. The van der Waals surface area contributed by atoms with Crippen LogP contribution in [0.25, 0.3) is 0 Å². The van der Waals surface area contributed by atoms with Crippen molar-refractivity contribution in [2.24, 2.45) is 5.73 Å². The lowest BCUT2D eigenvalue weighted by Crippen LogP contribution is -2.29. The molecule has 0 saturated carbocycles. The van der Waals surface area contributed by atoms with Gasteiger partial charge in [0.2, 0.25) is 0 Å².